The predicted molar refractivity (Wildman–Crippen MR) is 75.2 cm³/mol. The lowest BCUT2D eigenvalue weighted by Crippen LogP contribution is -2.23. The van der Waals surface area contributed by atoms with Crippen LogP contribution in [0.2, 0.25) is 0 Å². The number of carbonyl (C=O) groups is 2. The number of hydrogen-bond donors (Lipinski definition) is 0. The molecule has 0 aliphatic carbocycles. The highest BCUT2D eigenvalue weighted by molar-refractivity contribution is 5.85. The zero-order valence-corrected chi connectivity index (χ0v) is 11.9. The van der Waals surface area contributed by atoms with Crippen LogP contribution >= 0.6 is 0 Å². The molecule has 0 unspecified atom stereocenters. The molecule has 20 heavy (non-hydrogen) atoms. The van der Waals surface area contributed by atoms with Crippen LogP contribution in [0.15, 0.2) is 23.8 Å². The molecular weight excluding hydrogens is 256 g/mol. The largest absolute Gasteiger partial charge is 0.488 e. The van der Waals surface area contributed by atoms with E-state index < -0.39 is 5.41 Å². The van der Waals surface area contributed by atoms with Gasteiger partial charge in [0.15, 0.2) is 0 Å². The van der Waals surface area contributed by atoms with Crippen LogP contribution in [0, 0.1) is 5.41 Å². The van der Waals surface area contributed by atoms with Gasteiger partial charge in [0.2, 0.25) is 0 Å². The quantitative estimate of drug-likeness (QED) is 0.628. The first-order valence-corrected chi connectivity index (χ1v) is 6.49. The first-order valence-electron chi connectivity index (χ1n) is 6.49. The second kappa shape index (κ2) is 5.49. The van der Waals surface area contributed by atoms with Gasteiger partial charge in [0.1, 0.15) is 25.2 Å². The van der Waals surface area contributed by atoms with Crippen molar-refractivity contribution in [2.24, 2.45) is 5.41 Å². The third kappa shape index (κ3) is 3.07. The Balaban J connectivity index is 2.21. The van der Waals surface area contributed by atoms with Crippen molar-refractivity contribution in [3.05, 3.63) is 34.9 Å². The maximum atomic E-state index is 11.8. The van der Waals surface area contributed by atoms with Crippen LogP contribution in [-0.4, -0.2) is 18.9 Å². The normalized spacial score (nSPS) is 13.8. The van der Waals surface area contributed by atoms with Gasteiger partial charge in [-0.2, -0.15) is 0 Å². The fraction of sp³-hybridized carbons (Fsp3) is 0.375. The summed E-state index contributed by atoms with van der Waals surface area (Å²) in [5.41, 5.74) is 1.68. The summed E-state index contributed by atoms with van der Waals surface area (Å²) in [6.07, 6.45) is 2.56. The number of rotatable bonds is 3. The Labute approximate surface area is 118 Å². The van der Waals surface area contributed by atoms with E-state index >= 15 is 0 Å². The summed E-state index contributed by atoms with van der Waals surface area (Å²) in [7, 11) is 0. The molecule has 2 rings (SSSR count). The van der Waals surface area contributed by atoms with Gasteiger partial charge in [0.25, 0.3) is 0 Å². The van der Waals surface area contributed by atoms with Crippen LogP contribution in [-0.2, 0) is 20.9 Å². The molecule has 0 bridgehead atoms. The highest BCUT2D eigenvalue weighted by atomic mass is 16.5. The Kier molecular flexibility index (Phi) is 3.93. The van der Waals surface area contributed by atoms with Crippen molar-refractivity contribution in [1.82, 2.24) is 0 Å². The summed E-state index contributed by atoms with van der Waals surface area (Å²) in [5, 5.41) is 0. The second-order valence-corrected chi connectivity index (χ2v) is 5.78. The zero-order chi connectivity index (χ0) is 14.8. The molecular formula is C16H18O4. The Morgan fingerprint density at radius 1 is 1.40 bits per heavy atom. The Hall–Kier alpha value is -2.10. The molecule has 0 spiro atoms. The van der Waals surface area contributed by atoms with Gasteiger partial charge in [0, 0.05) is 16.7 Å². The molecule has 1 aromatic carbocycles. The van der Waals surface area contributed by atoms with E-state index in [4.69, 9.17) is 9.47 Å². The van der Waals surface area contributed by atoms with Gasteiger partial charge in [-0.05, 0) is 32.9 Å². The van der Waals surface area contributed by atoms with Crippen LogP contribution in [0.25, 0.3) is 6.08 Å². The van der Waals surface area contributed by atoms with Gasteiger partial charge in [-0.1, -0.05) is 12.1 Å². The summed E-state index contributed by atoms with van der Waals surface area (Å²) in [6, 6.07) is 5.55. The molecule has 106 valence electrons. The van der Waals surface area contributed by atoms with Crippen molar-refractivity contribution >= 4 is 18.3 Å². The lowest BCUT2D eigenvalue weighted by atomic mass is 9.97. The van der Waals surface area contributed by atoms with Crippen molar-refractivity contribution in [3.8, 4) is 5.75 Å². The van der Waals surface area contributed by atoms with E-state index in [9.17, 15) is 9.59 Å². The van der Waals surface area contributed by atoms with Crippen LogP contribution in [0.1, 0.15) is 31.9 Å². The summed E-state index contributed by atoms with van der Waals surface area (Å²) in [6.45, 7) is 5.88. The van der Waals surface area contributed by atoms with Crippen LogP contribution in [0.5, 0.6) is 5.75 Å². The molecule has 1 heterocycles. The van der Waals surface area contributed by atoms with E-state index in [1.165, 1.54) is 0 Å². The molecule has 4 nitrogen and oxygen atoms in total. The van der Waals surface area contributed by atoms with Gasteiger partial charge in [-0.3, -0.25) is 9.59 Å². The monoisotopic (exact) mass is 274 g/mol. The van der Waals surface area contributed by atoms with Crippen molar-refractivity contribution in [2.75, 3.05) is 6.61 Å². The molecule has 0 N–H and O–H groups in total. The molecule has 0 aromatic heterocycles. The lowest BCUT2D eigenvalue weighted by Gasteiger charge is -2.20. The molecule has 1 aromatic rings. The minimum atomic E-state index is -0.533. The van der Waals surface area contributed by atoms with Crippen LogP contribution in [0.3, 0.4) is 0 Å². The molecule has 1 aliphatic rings. The Morgan fingerprint density at radius 2 is 2.15 bits per heavy atom. The summed E-state index contributed by atoms with van der Waals surface area (Å²) in [5.74, 6) is 0.450. The maximum absolute atomic E-state index is 11.8. The molecule has 1 aliphatic heterocycles. The lowest BCUT2D eigenvalue weighted by molar-refractivity contribution is -0.154. The highest BCUT2D eigenvalue weighted by Crippen LogP contribution is 2.29. The smallest absolute Gasteiger partial charge is 0.311 e. The van der Waals surface area contributed by atoms with E-state index in [1.54, 1.807) is 6.08 Å². The molecule has 0 fully saturated rings. The summed E-state index contributed by atoms with van der Waals surface area (Å²) in [4.78, 5) is 22.6. The number of hydrogen-bond acceptors (Lipinski definition) is 4. The first-order chi connectivity index (χ1) is 9.41. The second-order valence-electron chi connectivity index (χ2n) is 5.78. The fourth-order valence-corrected chi connectivity index (χ4v) is 1.82. The van der Waals surface area contributed by atoms with Gasteiger partial charge in [0.05, 0.1) is 5.41 Å². The Morgan fingerprint density at radius 3 is 2.80 bits per heavy atom. The van der Waals surface area contributed by atoms with Crippen molar-refractivity contribution in [2.45, 2.75) is 27.4 Å². The number of benzene rings is 1. The topological polar surface area (TPSA) is 52.6 Å². The zero-order valence-electron chi connectivity index (χ0n) is 11.9. The number of esters is 1. The number of aldehydes is 1. The number of fused-ring (bicyclic) bond motifs is 1. The molecule has 4 heteroatoms. The fourth-order valence-electron chi connectivity index (χ4n) is 1.82. The average molecular weight is 274 g/mol. The van der Waals surface area contributed by atoms with Crippen molar-refractivity contribution in [3.63, 3.8) is 0 Å². The third-order valence-electron chi connectivity index (χ3n) is 3.00. The minimum absolute atomic E-state index is 0.172. The SMILES string of the molecule is CC(C)(C)C(=O)OCc1cccc2c1C=C(C=O)CO2. The summed E-state index contributed by atoms with van der Waals surface area (Å²) >= 11 is 0. The average Bonchev–Trinajstić information content (AvgIpc) is 2.43. The predicted octanol–water partition coefficient (Wildman–Crippen LogP) is 2.75. The highest BCUT2D eigenvalue weighted by Gasteiger charge is 2.23. The third-order valence-corrected chi connectivity index (χ3v) is 3.00. The number of ether oxygens (including phenoxy) is 2. The minimum Gasteiger partial charge on any atom is -0.488 e. The van der Waals surface area contributed by atoms with Crippen LogP contribution in [0.4, 0.5) is 0 Å². The van der Waals surface area contributed by atoms with Crippen LogP contribution < -0.4 is 4.74 Å². The van der Waals surface area contributed by atoms with Gasteiger partial charge in [-0.25, -0.2) is 0 Å². The van der Waals surface area contributed by atoms with E-state index in [1.807, 2.05) is 39.0 Å². The van der Waals surface area contributed by atoms with E-state index in [-0.39, 0.29) is 19.2 Å². The molecule has 0 radical (unpaired) electrons. The van der Waals surface area contributed by atoms with Crippen molar-refractivity contribution in [1.29, 1.82) is 0 Å². The molecule has 0 saturated heterocycles. The van der Waals surface area contributed by atoms with E-state index in [0.717, 1.165) is 17.4 Å². The van der Waals surface area contributed by atoms with Gasteiger partial charge < -0.3 is 9.47 Å². The molecule has 0 atom stereocenters. The van der Waals surface area contributed by atoms with E-state index in [0.29, 0.717) is 11.3 Å². The molecule has 0 saturated carbocycles. The van der Waals surface area contributed by atoms with Crippen molar-refractivity contribution < 1.29 is 19.1 Å². The van der Waals surface area contributed by atoms with Gasteiger partial charge >= 0.3 is 5.97 Å². The maximum Gasteiger partial charge on any atom is 0.311 e. The van der Waals surface area contributed by atoms with E-state index in [2.05, 4.69) is 0 Å². The summed E-state index contributed by atoms with van der Waals surface area (Å²) < 4.78 is 10.8. The first kappa shape index (κ1) is 14.3. The number of carbonyl (C=O) groups excluding carboxylic acids is 2. The molecule has 0 amide bonds. The Bertz CT molecular complexity index is 564. The van der Waals surface area contributed by atoms with Gasteiger partial charge in [-0.15, -0.1) is 0 Å². The standard InChI is InChI=1S/C16H18O4/c1-16(2,3)15(18)20-10-12-5-4-6-14-13(12)7-11(8-17)9-19-14/h4-8H,9-10H2,1-3H3.